The quantitative estimate of drug-likeness (QED) is 0.442. The average molecular weight is 454 g/mol. The summed E-state index contributed by atoms with van der Waals surface area (Å²) in [6.45, 7) is 1.14. The monoisotopic (exact) mass is 453 g/mol. The lowest BCUT2D eigenvalue weighted by atomic mass is 9.83. The van der Waals surface area contributed by atoms with Crippen molar-refractivity contribution in [2.75, 3.05) is 41.6 Å². The molecule has 152 valence electrons. The Morgan fingerprint density at radius 3 is 2.11 bits per heavy atom. The van der Waals surface area contributed by atoms with Gasteiger partial charge in [0.05, 0.1) is 42.9 Å². The third-order valence-corrected chi connectivity index (χ3v) is 4.97. The van der Waals surface area contributed by atoms with Crippen LogP contribution in [0.3, 0.4) is 0 Å². The Kier molecular flexibility index (Phi) is 8.07. The number of carbonyl (C=O) groups is 2. The molecule has 0 unspecified atom stereocenters. The maximum absolute atomic E-state index is 12.5. The first-order chi connectivity index (χ1) is 13.5. The molecule has 0 aromatic heterocycles. The van der Waals surface area contributed by atoms with Crippen LogP contribution in [0.25, 0.3) is 0 Å². The Balaban J connectivity index is 2.52. The summed E-state index contributed by atoms with van der Waals surface area (Å²) in [5, 5.41) is 0. The highest BCUT2D eigenvalue weighted by Gasteiger charge is 2.35. The van der Waals surface area contributed by atoms with E-state index in [-0.39, 0.29) is 0 Å². The highest BCUT2D eigenvalue weighted by atomic mass is 79.9. The number of hydrogen-bond donors (Lipinski definition) is 0. The van der Waals surface area contributed by atoms with Gasteiger partial charge in [-0.3, -0.25) is 0 Å². The first-order valence-corrected chi connectivity index (χ1v) is 9.44. The van der Waals surface area contributed by atoms with Crippen molar-refractivity contribution in [2.24, 2.45) is 0 Å². The van der Waals surface area contributed by atoms with Crippen LogP contribution in [0.5, 0.6) is 5.75 Å². The van der Waals surface area contributed by atoms with E-state index in [2.05, 4.69) is 15.9 Å². The van der Waals surface area contributed by atoms with Crippen molar-refractivity contribution in [2.45, 2.75) is 12.3 Å². The van der Waals surface area contributed by atoms with Crippen LogP contribution in [0, 0.1) is 0 Å². The molecular weight excluding hydrogens is 430 g/mol. The summed E-state index contributed by atoms with van der Waals surface area (Å²) >= 11 is 3.46. The van der Waals surface area contributed by atoms with Crippen molar-refractivity contribution in [3.8, 4) is 5.75 Å². The van der Waals surface area contributed by atoms with Gasteiger partial charge in [-0.1, -0.05) is 6.07 Å². The number of carbonyl (C=O) groups excluding carboxylic acids is 2. The molecule has 0 amide bonds. The number of esters is 2. The fourth-order valence-electron chi connectivity index (χ4n) is 3.03. The fraction of sp³-hybridized carbons (Fsp3) is 0.400. The van der Waals surface area contributed by atoms with Gasteiger partial charge < -0.3 is 23.8 Å². The molecule has 0 N–H and O–H groups in total. The van der Waals surface area contributed by atoms with Gasteiger partial charge in [-0.15, -0.1) is 0 Å². The summed E-state index contributed by atoms with van der Waals surface area (Å²) in [5.74, 6) is -1.000. The van der Waals surface area contributed by atoms with E-state index in [9.17, 15) is 9.59 Å². The first kappa shape index (κ1) is 22.0. The highest BCUT2D eigenvalue weighted by molar-refractivity contribution is 9.10. The van der Waals surface area contributed by atoms with E-state index in [1.165, 1.54) is 14.2 Å². The van der Waals surface area contributed by atoms with Crippen LogP contribution in [0.15, 0.2) is 46.2 Å². The number of rotatable bonds is 8. The molecule has 0 saturated heterocycles. The maximum atomic E-state index is 12.5. The van der Waals surface area contributed by atoms with Crippen molar-refractivity contribution in [3.05, 3.63) is 51.8 Å². The van der Waals surface area contributed by atoms with Crippen LogP contribution in [0.1, 0.15) is 17.9 Å². The van der Waals surface area contributed by atoms with Gasteiger partial charge in [0.15, 0.2) is 0 Å². The van der Waals surface area contributed by atoms with Crippen LogP contribution in [0.4, 0.5) is 0 Å². The largest absolute Gasteiger partial charge is 0.496 e. The summed E-state index contributed by atoms with van der Waals surface area (Å²) < 4.78 is 21.0. The minimum atomic E-state index is -0.624. The van der Waals surface area contributed by atoms with Crippen LogP contribution < -0.4 is 4.74 Å². The zero-order valence-electron chi connectivity index (χ0n) is 16.4. The first-order valence-electron chi connectivity index (χ1n) is 8.65. The lowest BCUT2D eigenvalue weighted by Gasteiger charge is -2.30. The minimum absolute atomic E-state index is 0.347. The molecule has 1 heterocycles. The fourth-order valence-corrected chi connectivity index (χ4v) is 3.59. The molecule has 0 radical (unpaired) electrons. The maximum Gasteiger partial charge on any atom is 0.336 e. The molecule has 1 aromatic rings. The Hall–Kier alpha value is -2.32. The standard InChI is InChI=1S/C20H24BrNO6/c1-25-9-5-8-22-11-14(19(23)27-3)18(15(12-22)20(24)28-4)13-6-7-17(26-2)16(21)10-13/h6-7,10-12,18H,5,8-9H2,1-4H3. The third kappa shape index (κ3) is 4.94. The van der Waals surface area contributed by atoms with Crippen LogP contribution in [-0.2, 0) is 23.8 Å². The van der Waals surface area contributed by atoms with Crippen molar-refractivity contribution in [3.63, 3.8) is 0 Å². The zero-order chi connectivity index (χ0) is 20.7. The van der Waals surface area contributed by atoms with E-state index in [1.807, 2.05) is 12.1 Å². The Morgan fingerprint density at radius 1 is 1.04 bits per heavy atom. The molecule has 0 saturated carbocycles. The molecule has 0 atom stereocenters. The molecule has 1 aliphatic rings. The summed E-state index contributed by atoms with van der Waals surface area (Å²) in [4.78, 5) is 26.9. The zero-order valence-corrected chi connectivity index (χ0v) is 17.9. The van der Waals surface area contributed by atoms with Gasteiger partial charge in [-0.25, -0.2) is 9.59 Å². The van der Waals surface area contributed by atoms with Gasteiger partial charge in [-0.2, -0.15) is 0 Å². The van der Waals surface area contributed by atoms with E-state index in [4.69, 9.17) is 18.9 Å². The Bertz CT molecular complexity index is 755. The van der Waals surface area contributed by atoms with Crippen LogP contribution in [0.2, 0.25) is 0 Å². The second-order valence-electron chi connectivity index (χ2n) is 6.06. The molecule has 0 fully saturated rings. The van der Waals surface area contributed by atoms with Gasteiger partial charge in [-0.05, 0) is 40.0 Å². The number of benzene rings is 1. The van der Waals surface area contributed by atoms with E-state index >= 15 is 0 Å². The minimum Gasteiger partial charge on any atom is -0.496 e. The number of ether oxygens (including phenoxy) is 4. The van der Waals surface area contributed by atoms with Crippen molar-refractivity contribution < 1.29 is 28.5 Å². The summed E-state index contributed by atoms with van der Waals surface area (Å²) in [5.41, 5.74) is 1.43. The molecule has 1 aromatic carbocycles. The molecule has 8 heteroatoms. The SMILES string of the molecule is COCCCN1C=C(C(=O)OC)C(c2ccc(OC)c(Br)c2)C(C(=O)OC)=C1. The second-order valence-corrected chi connectivity index (χ2v) is 6.92. The van der Waals surface area contributed by atoms with E-state index in [0.29, 0.717) is 34.5 Å². The predicted molar refractivity (Wildman–Crippen MR) is 107 cm³/mol. The number of methoxy groups -OCH3 is 4. The number of hydrogen-bond acceptors (Lipinski definition) is 7. The smallest absolute Gasteiger partial charge is 0.336 e. The molecule has 2 rings (SSSR count). The van der Waals surface area contributed by atoms with Gasteiger partial charge >= 0.3 is 11.9 Å². The van der Waals surface area contributed by atoms with Crippen molar-refractivity contribution >= 4 is 27.9 Å². The third-order valence-electron chi connectivity index (χ3n) is 4.35. The van der Waals surface area contributed by atoms with E-state index < -0.39 is 17.9 Å². The Morgan fingerprint density at radius 2 is 1.64 bits per heavy atom. The molecular formula is C20H24BrNO6. The number of halogens is 1. The van der Waals surface area contributed by atoms with E-state index in [0.717, 1.165) is 12.0 Å². The summed E-state index contributed by atoms with van der Waals surface area (Å²) in [7, 11) is 5.82. The van der Waals surface area contributed by atoms with E-state index in [1.54, 1.807) is 37.6 Å². The molecule has 0 aliphatic carbocycles. The molecule has 28 heavy (non-hydrogen) atoms. The topological polar surface area (TPSA) is 74.3 Å². The molecule has 0 bridgehead atoms. The van der Waals surface area contributed by atoms with Crippen LogP contribution >= 0.6 is 15.9 Å². The van der Waals surface area contributed by atoms with Gasteiger partial charge in [0.1, 0.15) is 5.75 Å². The summed E-state index contributed by atoms with van der Waals surface area (Å²) in [6, 6.07) is 5.40. The summed E-state index contributed by atoms with van der Waals surface area (Å²) in [6.07, 6.45) is 4.14. The molecule has 1 aliphatic heterocycles. The highest BCUT2D eigenvalue weighted by Crippen LogP contribution is 2.39. The average Bonchev–Trinajstić information content (AvgIpc) is 2.72. The van der Waals surface area contributed by atoms with Gasteiger partial charge in [0, 0.05) is 32.7 Å². The molecule has 0 spiro atoms. The lowest BCUT2D eigenvalue weighted by molar-refractivity contribution is -0.137. The van der Waals surface area contributed by atoms with Crippen molar-refractivity contribution in [1.29, 1.82) is 0 Å². The lowest BCUT2D eigenvalue weighted by Crippen LogP contribution is -2.29. The van der Waals surface area contributed by atoms with Gasteiger partial charge in [0.2, 0.25) is 0 Å². The van der Waals surface area contributed by atoms with Crippen LogP contribution in [-0.4, -0.2) is 58.4 Å². The van der Waals surface area contributed by atoms with Gasteiger partial charge in [0.25, 0.3) is 0 Å². The second kappa shape index (κ2) is 10.3. The van der Waals surface area contributed by atoms with Crippen molar-refractivity contribution in [1.82, 2.24) is 4.90 Å². The molecule has 7 nitrogen and oxygen atoms in total. The predicted octanol–water partition coefficient (Wildman–Crippen LogP) is 3.01. The Labute approximate surface area is 173 Å². The normalized spacial score (nSPS) is 14.2. The number of nitrogens with zero attached hydrogens (tertiary/aromatic N) is 1.